The highest BCUT2D eigenvalue weighted by molar-refractivity contribution is 7.98. The Morgan fingerprint density at radius 1 is 1.13 bits per heavy atom. The maximum absolute atomic E-state index is 13.3. The van der Waals surface area contributed by atoms with Gasteiger partial charge in [0.25, 0.3) is 0 Å². The van der Waals surface area contributed by atoms with Gasteiger partial charge in [-0.3, -0.25) is 9.69 Å². The number of fused-ring (bicyclic) bond motifs is 3. The number of hydrogen-bond acceptors (Lipinski definition) is 7. The Bertz CT molecular complexity index is 1090. The summed E-state index contributed by atoms with van der Waals surface area (Å²) in [4.78, 5) is 21.7. The number of hydrogen-bond donors (Lipinski definition) is 0. The lowest BCUT2D eigenvalue weighted by atomic mass is 10.1. The molecule has 8 heteroatoms. The van der Waals surface area contributed by atoms with Crippen molar-refractivity contribution < 1.29 is 9.53 Å². The van der Waals surface area contributed by atoms with E-state index in [4.69, 9.17) is 4.74 Å². The second kappa shape index (κ2) is 8.93. The molecule has 2 heterocycles. The van der Waals surface area contributed by atoms with E-state index in [2.05, 4.69) is 15.2 Å². The lowest BCUT2D eigenvalue weighted by molar-refractivity contribution is -0.120. The van der Waals surface area contributed by atoms with E-state index in [1.54, 1.807) is 4.90 Å². The highest BCUT2D eigenvalue weighted by atomic mass is 32.2. The molecule has 0 saturated carbocycles. The van der Waals surface area contributed by atoms with Crippen molar-refractivity contribution in [3.63, 3.8) is 0 Å². The van der Waals surface area contributed by atoms with Gasteiger partial charge in [0.15, 0.2) is 5.69 Å². The molecule has 1 amide bonds. The van der Waals surface area contributed by atoms with Gasteiger partial charge in [-0.15, -0.1) is 10.2 Å². The molecule has 1 aromatic heterocycles. The van der Waals surface area contributed by atoms with Crippen molar-refractivity contribution in [2.45, 2.75) is 31.1 Å². The minimum absolute atomic E-state index is 0.0116. The van der Waals surface area contributed by atoms with E-state index in [1.807, 2.05) is 80.7 Å². The second-order valence-electron chi connectivity index (χ2n) is 7.44. The zero-order chi connectivity index (χ0) is 22.0. The molecule has 0 aliphatic carbocycles. The maximum atomic E-state index is 13.3. The predicted molar refractivity (Wildman–Crippen MR) is 124 cm³/mol. The van der Waals surface area contributed by atoms with Crippen molar-refractivity contribution in [1.82, 2.24) is 15.2 Å². The molecule has 0 N–H and O–H groups in total. The normalized spacial score (nSPS) is 14.8. The average molecular weight is 436 g/mol. The van der Waals surface area contributed by atoms with Crippen molar-refractivity contribution in [3.05, 3.63) is 54.1 Å². The summed E-state index contributed by atoms with van der Waals surface area (Å²) in [6, 6.07) is 15.7. The smallest absolute Gasteiger partial charge is 0.247 e. The number of ether oxygens (including phenoxy) is 1. The summed E-state index contributed by atoms with van der Waals surface area (Å²) in [6.07, 6.45) is 2.38. The quantitative estimate of drug-likeness (QED) is 0.544. The summed E-state index contributed by atoms with van der Waals surface area (Å²) in [5.74, 6) is 0.364. The molecule has 0 unspecified atom stereocenters. The van der Waals surface area contributed by atoms with E-state index < -0.39 is 6.23 Å². The summed E-state index contributed by atoms with van der Waals surface area (Å²) in [5.41, 5.74) is 3.99. The molecule has 0 radical (unpaired) electrons. The number of nitrogens with zero attached hydrogens (tertiary/aromatic N) is 5. The minimum Gasteiger partial charge on any atom is -0.447 e. The van der Waals surface area contributed by atoms with Gasteiger partial charge >= 0.3 is 0 Å². The monoisotopic (exact) mass is 435 g/mol. The molecular weight excluding hydrogens is 410 g/mol. The minimum atomic E-state index is -0.663. The Morgan fingerprint density at radius 2 is 1.87 bits per heavy atom. The van der Waals surface area contributed by atoms with Crippen LogP contribution in [0.25, 0.3) is 11.3 Å². The fourth-order valence-electron chi connectivity index (χ4n) is 3.56. The third kappa shape index (κ3) is 4.07. The molecule has 0 spiro atoms. The highest BCUT2D eigenvalue weighted by Crippen LogP contribution is 2.43. The van der Waals surface area contributed by atoms with Crippen LogP contribution >= 0.6 is 11.8 Å². The number of carbonyl (C=O) groups is 1. The maximum Gasteiger partial charge on any atom is 0.247 e. The molecular formula is C23H25N5O2S. The molecule has 0 saturated heterocycles. The Labute approximate surface area is 186 Å². The highest BCUT2D eigenvalue weighted by Gasteiger charge is 2.35. The Hall–Kier alpha value is -3.13. The molecule has 1 atom stereocenters. The first kappa shape index (κ1) is 21.1. The number of benzene rings is 2. The summed E-state index contributed by atoms with van der Waals surface area (Å²) >= 11 is 1.40. The van der Waals surface area contributed by atoms with Gasteiger partial charge in [0, 0.05) is 37.3 Å². The van der Waals surface area contributed by atoms with E-state index >= 15 is 0 Å². The first-order valence-electron chi connectivity index (χ1n) is 10.2. The molecule has 31 heavy (non-hydrogen) atoms. The third-order valence-electron chi connectivity index (χ3n) is 5.12. The van der Waals surface area contributed by atoms with Crippen LogP contribution in [0.1, 0.15) is 31.6 Å². The summed E-state index contributed by atoms with van der Waals surface area (Å²) in [6.45, 7) is 2.00. The van der Waals surface area contributed by atoms with Crippen LogP contribution in [0.4, 0.5) is 11.4 Å². The van der Waals surface area contributed by atoms with E-state index in [9.17, 15) is 4.79 Å². The van der Waals surface area contributed by atoms with Gasteiger partial charge in [-0.05, 0) is 30.9 Å². The average Bonchev–Trinajstić information content (AvgIpc) is 2.93. The number of rotatable bonds is 5. The summed E-state index contributed by atoms with van der Waals surface area (Å²) in [5, 5.41) is 9.11. The predicted octanol–water partition coefficient (Wildman–Crippen LogP) is 4.55. The largest absolute Gasteiger partial charge is 0.447 e. The number of anilines is 2. The van der Waals surface area contributed by atoms with Crippen LogP contribution in [0.3, 0.4) is 0 Å². The van der Waals surface area contributed by atoms with Crippen LogP contribution in [0.2, 0.25) is 0 Å². The van der Waals surface area contributed by atoms with Crippen LogP contribution in [0, 0.1) is 0 Å². The number of carbonyl (C=O) groups excluding carboxylic acids is 1. The molecule has 4 rings (SSSR count). The third-order valence-corrected chi connectivity index (χ3v) is 5.66. The summed E-state index contributed by atoms with van der Waals surface area (Å²) in [7, 11) is 3.99. The van der Waals surface area contributed by atoms with Crippen LogP contribution < -0.4 is 14.5 Å². The van der Waals surface area contributed by atoms with Gasteiger partial charge in [-0.25, -0.2) is 0 Å². The van der Waals surface area contributed by atoms with Gasteiger partial charge in [-0.1, -0.05) is 49.0 Å². The van der Waals surface area contributed by atoms with E-state index in [1.165, 1.54) is 11.8 Å². The second-order valence-corrected chi connectivity index (χ2v) is 8.21. The van der Waals surface area contributed by atoms with Crippen LogP contribution in [0.15, 0.2) is 53.7 Å². The Kier molecular flexibility index (Phi) is 6.08. The Morgan fingerprint density at radius 3 is 2.55 bits per heavy atom. The fraction of sp³-hybridized carbons (Fsp3) is 0.304. The molecule has 7 nitrogen and oxygen atoms in total. The van der Waals surface area contributed by atoms with Gasteiger partial charge in [0.2, 0.25) is 23.2 Å². The van der Waals surface area contributed by atoms with Crippen molar-refractivity contribution in [2.75, 3.05) is 30.2 Å². The topological polar surface area (TPSA) is 71.5 Å². The lowest BCUT2D eigenvalue weighted by Crippen LogP contribution is -2.37. The van der Waals surface area contributed by atoms with Crippen molar-refractivity contribution >= 4 is 29.0 Å². The molecule has 1 aliphatic rings. The molecule has 2 aromatic carbocycles. The molecule has 0 bridgehead atoms. The SMILES string of the molecule is CCCC(=O)N1c2ccccc2-c2nnc(SC)nc2O[C@@H]1c1ccc(N(C)C)cc1. The number of aromatic nitrogens is 3. The number of para-hydroxylation sites is 1. The molecule has 0 fully saturated rings. The van der Waals surface area contributed by atoms with Crippen LogP contribution in [-0.2, 0) is 4.79 Å². The molecule has 3 aromatic rings. The van der Waals surface area contributed by atoms with Gasteiger partial charge in [-0.2, -0.15) is 4.98 Å². The summed E-state index contributed by atoms with van der Waals surface area (Å²) < 4.78 is 6.41. The fourth-order valence-corrected chi connectivity index (χ4v) is 3.85. The lowest BCUT2D eigenvalue weighted by Gasteiger charge is -2.31. The Balaban J connectivity index is 1.91. The number of amides is 1. The van der Waals surface area contributed by atoms with Crippen LogP contribution in [0.5, 0.6) is 5.88 Å². The van der Waals surface area contributed by atoms with Gasteiger partial charge in [0.05, 0.1) is 5.69 Å². The first-order valence-corrected chi connectivity index (χ1v) is 11.4. The molecule has 1 aliphatic heterocycles. The van der Waals surface area contributed by atoms with Crippen molar-refractivity contribution in [1.29, 1.82) is 0 Å². The van der Waals surface area contributed by atoms with E-state index in [0.717, 1.165) is 28.9 Å². The van der Waals surface area contributed by atoms with E-state index in [-0.39, 0.29) is 5.91 Å². The molecule has 160 valence electrons. The van der Waals surface area contributed by atoms with Gasteiger partial charge in [0.1, 0.15) is 0 Å². The van der Waals surface area contributed by atoms with Crippen molar-refractivity contribution in [3.8, 4) is 17.1 Å². The first-order chi connectivity index (χ1) is 15.0. The standard InChI is InChI=1S/C23H25N5O2S/c1-5-8-19(29)28-18-10-7-6-9-17(18)20-21(24-23(31-4)26-25-20)30-22(28)15-11-13-16(14-12-15)27(2)3/h6-7,9-14,22H,5,8H2,1-4H3/t22-/m1/s1. The van der Waals surface area contributed by atoms with Gasteiger partial charge < -0.3 is 9.64 Å². The van der Waals surface area contributed by atoms with Crippen molar-refractivity contribution in [2.24, 2.45) is 0 Å². The zero-order valence-electron chi connectivity index (χ0n) is 18.1. The van der Waals surface area contributed by atoms with Crippen LogP contribution in [-0.4, -0.2) is 41.4 Å². The van der Waals surface area contributed by atoms with E-state index in [0.29, 0.717) is 23.2 Å². The zero-order valence-corrected chi connectivity index (χ0v) is 18.9. The number of thioether (sulfide) groups is 1.